The molecule has 1 saturated carbocycles. The average molecular weight is 360 g/mol. The fraction of sp³-hybridized carbons (Fsp3) is 0.667. The molecule has 1 amide bonds. The highest BCUT2D eigenvalue weighted by molar-refractivity contribution is 5.79. The van der Waals surface area contributed by atoms with Crippen molar-refractivity contribution in [3.05, 3.63) is 29.8 Å². The Hall–Kier alpha value is -1.59. The van der Waals surface area contributed by atoms with E-state index >= 15 is 0 Å². The lowest BCUT2D eigenvalue weighted by Crippen LogP contribution is -2.52. The number of nitrogens with zero attached hydrogens (tertiary/aromatic N) is 2. The molecule has 2 aliphatic rings. The number of rotatable bonds is 7. The van der Waals surface area contributed by atoms with Gasteiger partial charge < -0.3 is 14.7 Å². The van der Waals surface area contributed by atoms with Crippen molar-refractivity contribution in [3.63, 3.8) is 0 Å². The Kier molecular flexibility index (Phi) is 6.92. The molecule has 1 N–H and O–H groups in total. The summed E-state index contributed by atoms with van der Waals surface area (Å²) in [5.74, 6) is 1.41. The van der Waals surface area contributed by atoms with Crippen LogP contribution in [-0.2, 0) is 11.2 Å². The quantitative estimate of drug-likeness (QED) is 0.811. The van der Waals surface area contributed by atoms with Crippen LogP contribution in [0.4, 0.5) is 0 Å². The van der Waals surface area contributed by atoms with Gasteiger partial charge >= 0.3 is 0 Å². The van der Waals surface area contributed by atoms with Gasteiger partial charge in [-0.15, -0.1) is 0 Å². The zero-order chi connectivity index (χ0) is 18.4. The van der Waals surface area contributed by atoms with Crippen molar-refractivity contribution in [1.82, 2.24) is 9.80 Å². The van der Waals surface area contributed by atoms with Gasteiger partial charge in [-0.3, -0.25) is 9.69 Å². The van der Waals surface area contributed by atoms with Crippen LogP contribution in [0.1, 0.15) is 38.2 Å². The Morgan fingerprint density at radius 3 is 2.42 bits per heavy atom. The van der Waals surface area contributed by atoms with Gasteiger partial charge in [0.05, 0.1) is 0 Å². The third-order valence-corrected chi connectivity index (χ3v) is 5.63. The van der Waals surface area contributed by atoms with Gasteiger partial charge in [-0.05, 0) is 37.0 Å². The molecule has 1 saturated heterocycles. The molecule has 2 fully saturated rings. The second-order valence-electron chi connectivity index (χ2n) is 7.57. The van der Waals surface area contributed by atoms with Crippen molar-refractivity contribution in [3.8, 4) is 5.75 Å². The first-order valence-corrected chi connectivity index (χ1v) is 10.1. The molecule has 0 radical (unpaired) electrons. The molecule has 3 rings (SSSR count). The molecular weight excluding hydrogens is 328 g/mol. The highest BCUT2D eigenvalue weighted by Crippen LogP contribution is 2.26. The van der Waals surface area contributed by atoms with E-state index in [9.17, 15) is 9.90 Å². The maximum absolute atomic E-state index is 12.5. The summed E-state index contributed by atoms with van der Waals surface area (Å²) in [6, 6.07) is 8.03. The minimum atomic E-state index is -0.516. The zero-order valence-corrected chi connectivity index (χ0v) is 15.9. The third-order valence-electron chi connectivity index (χ3n) is 5.63. The summed E-state index contributed by atoms with van der Waals surface area (Å²) in [5, 5.41) is 10.3. The molecule has 1 unspecified atom stereocenters. The van der Waals surface area contributed by atoms with E-state index in [4.69, 9.17) is 4.74 Å². The monoisotopic (exact) mass is 360 g/mol. The molecule has 5 heteroatoms. The number of β-amino-alcohol motifs (C(OH)–C–C–N with tert-alkyl or cyclic N) is 1. The summed E-state index contributed by atoms with van der Waals surface area (Å²) in [6.07, 6.45) is 5.02. The van der Waals surface area contributed by atoms with E-state index in [0.29, 0.717) is 19.1 Å². The number of hydrogen-bond acceptors (Lipinski definition) is 4. The number of carbonyl (C=O) groups is 1. The van der Waals surface area contributed by atoms with Crippen molar-refractivity contribution < 1.29 is 14.6 Å². The minimum absolute atomic E-state index is 0.264. The number of carbonyl (C=O) groups excluding carboxylic acids is 1. The van der Waals surface area contributed by atoms with Gasteiger partial charge in [0.1, 0.15) is 18.5 Å². The summed E-state index contributed by atoms with van der Waals surface area (Å²) in [4.78, 5) is 16.7. The Morgan fingerprint density at radius 2 is 1.81 bits per heavy atom. The molecule has 144 valence electrons. The summed E-state index contributed by atoms with van der Waals surface area (Å²) >= 11 is 0. The first kappa shape index (κ1) is 19.2. The van der Waals surface area contributed by atoms with E-state index in [1.165, 1.54) is 18.4 Å². The molecule has 26 heavy (non-hydrogen) atoms. The first-order chi connectivity index (χ1) is 12.7. The molecule has 0 bridgehead atoms. The lowest BCUT2D eigenvalue weighted by atomic mass is 10.1. The van der Waals surface area contributed by atoms with Crippen LogP contribution in [0.2, 0.25) is 0 Å². The summed E-state index contributed by atoms with van der Waals surface area (Å²) in [5.41, 5.74) is 1.28. The van der Waals surface area contributed by atoms with Gasteiger partial charge in [-0.2, -0.15) is 0 Å². The van der Waals surface area contributed by atoms with Crippen LogP contribution in [-0.4, -0.2) is 66.2 Å². The van der Waals surface area contributed by atoms with Crippen LogP contribution in [0.15, 0.2) is 24.3 Å². The molecule has 1 aromatic carbocycles. The van der Waals surface area contributed by atoms with Gasteiger partial charge in [0.2, 0.25) is 5.91 Å². The van der Waals surface area contributed by atoms with Gasteiger partial charge in [0, 0.05) is 38.6 Å². The van der Waals surface area contributed by atoms with Crippen LogP contribution in [0.3, 0.4) is 0 Å². The lowest BCUT2D eigenvalue weighted by Gasteiger charge is -2.36. The highest BCUT2D eigenvalue weighted by atomic mass is 16.5. The first-order valence-electron chi connectivity index (χ1n) is 10.1. The van der Waals surface area contributed by atoms with Crippen LogP contribution in [0.5, 0.6) is 5.75 Å². The van der Waals surface area contributed by atoms with E-state index in [1.807, 2.05) is 17.0 Å². The average Bonchev–Trinajstić information content (AvgIpc) is 3.21. The number of piperazine rings is 1. The number of aliphatic hydroxyl groups is 1. The molecule has 0 aromatic heterocycles. The highest BCUT2D eigenvalue weighted by Gasteiger charge is 2.29. The minimum Gasteiger partial charge on any atom is -0.491 e. The van der Waals surface area contributed by atoms with Crippen molar-refractivity contribution >= 4 is 5.91 Å². The van der Waals surface area contributed by atoms with Crippen LogP contribution < -0.4 is 4.74 Å². The number of ether oxygens (including phenoxy) is 1. The van der Waals surface area contributed by atoms with E-state index < -0.39 is 6.10 Å². The van der Waals surface area contributed by atoms with Crippen molar-refractivity contribution in [2.75, 3.05) is 39.3 Å². The Balaban J connectivity index is 1.36. The van der Waals surface area contributed by atoms with Crippen molar-refractivity contribution in [2.24, 2.45) is 5.92 Å². The SMILES string of the molecule is CCc1ccc(OCC(O)CN2CCN(C(=O)C3CCCC3)CC2)cc1. The lowest BCUT2D eigenvalue weighted by molar-refractivity contribution is -0.137. The summed E-state index contributed by atoms with van der Waals surface area (Å²) in [6.45, 7) is 6.25. The molecule has 5 nitrogen and oxygen atoms in total. The van der Waals surface area contributed by atoms with Gasteiger partial charge in [-0.25, -0.2) is 0 Å². The van der Waals surface area contributed by atoms with Crippen molar-refractivity contribution in [2.45, 2.75) is 45.1 Å². The Morgan fingerprint density at radius 1 is 1.15 bits per heavy atom. The van der Waals surface area contributed by atoms with Crippen LogP contribution in [0.25, 0.3) is 0 Å². The van der Waals surface area contributed by atoms with Crippen LogP contribution in [0, 0.1) is 5.92 Å². The van der Waals surface area contributed by atoms with Crippen molar-refractivity contribution in [1.29, 1.82) is 0 Å². The normalized spacial score (nSPS) is 20.3. The topological polar surface area (TPSA) is 53.0 Å². The number of benzene rings is 1. The van der Waals surface area contributed by atoms with Gasteiger partial charge in [-0.1, -0.05) is 31.9 Å². The predicted octanol–water partition coefficient (Wildman–Crippen LogP) is 2.32. The molecule has 1 aliphatic heterocycles. The molecule has 0 spiro atoms. The van der Waals surface area contributed by atoms with Gasteiger partial charge in [0.25, 0.3) is 0 Å². The van der Waals surface area contributed by atoms with E-state index in [2.05, 4.69) is 24.0 Å². The fourth-order valence-electron chi connectivity index (χ4n) is 3.95. The van der Waals surface area contributed by atoms with E-state index in [0.717, 1.165) is 51.2 Å². The second kappa shape index (κ2) is 9.38. The molecule has 1 heterocycles. The predicted molar refractivity (Wildman–Crippen MR) is 102 cm³/mol. The summed E-state index contributed by atoms with van der Waals surface area (Å²) < 4.78 is 5.69. The molecule has 1 aliphatic carbocycles. The second-order valence-corrected chi connectivity index (χ2v) is 7.57. The maximum Gasteiger partial charge on any atom is 0.225 e. The number of amides is 1. The zero-order valence-electron chi connectivity index (χ0n) is 15.9. The third kappa shape index (κ3) is 5.21. The maximum atomic E-state index is 12.5. The number of hydrogen-bond donors (Lipinski definition) is 1. The molecule has 1 aromatic rings. The summed E-state index contributed by atoms with van der Waals surface area (Å²) in [7, 11) is 0. The Labute approximate surface area is 156 Å². The van der Waals surface area contributed by atoms with E-state index in [1.54, 1.807) is 0 Å². The largest absolute Gasteiger partial charge is 0.491 e. The smallest absolute Gasteiger partial charge is 0.225 e. The van der Waals surface area contributed by atoms with Crippen LogP contribution >= 0.6 is 0 Å². The molecular formula is C21H32N2O3. The standard InChI is InChI=1S/C21H32N2O3/c1-2-17-7-9-20(10-8-17)26-16-19(24)15-22-11-13-23(14-12-22)21(25)18-5-3-4-6-18/h7-10,18-19,24H,2-6,11-16H2,1H3. The number of aryl methyl sites for hydroxylation is 1. The van der Waals surface area contributed by atoms with E-state index in [-0.39, 0.29) is 5.92 Å². The fourth-order valence-corrected chi connectivity index (χ4v) is 3.95. The molecule has 1 atom stereocenters. The number of aliphatic hydroxyl groups excluding tert-OH is 1. The van der Waals surface area contributed by atoms with Gasteiger partial charge in [0.15, 0.2) is 0 Å². The Bertz CT molecular complexity index is 561.